The molecule has 0 aliphatic rings. The summed E-state index contributed by atoms with van der Waals surface area (Å²) < 4.78 is 10.9. The van der Waals surface area contributed by atoms with Gasteiger partial charge in [0.2, 0.25) is 0 Å². The lowest BCUT2D eigenvalue weighted by molar-refractivity contribution is 0.0367. The molecule has 0 aliphatic carbocycles. The first-order valence-electron chi connectivity index (χ1n) is 7.36. The van der Waals surface area contributed by atoms with Crippen molar-refractivity contribution >= 4 is 11.7 Å². The molecule has 0 fully saturated rings. The number of hydrogen-bond donors (Lipinski definition) is 0. The lowest BCUT2D eigenvalue weighted by atomic mass is 9.99. The summed E-state index contributed by atoms with van der Waals surface area (Å²) in [5.41, 5.74) is 1.38. The van der Waals surface area contributed by atoms with Crippen LogP contribution in [0.15, 0.2) is 30.8 Å². The molecule has 0 aliphatic heterocycles. The highest BCUT2D eigenvalue weighted by Gasteiger charge is 2.15. The van der Waals surface area contributed by atoms with Gasteiger partial charge in [-0.2, -0.15) is 0 Å². The third kappa shape index (κ3) is 6.03. The van der Waals surface area contributed by atoms with Crippen LogP contribution in [0.1, 0.15) is 57.0 Å². The van der Waals surface area contributed by atoms with Gasteiger partial charge in [0.25, 0.3) is 0 Å². The number of benzene rings is 1. The third-order valence-electron chi connectivity index (χ3n) is 3.00. The summed E-state index contributed by atoms with van der Waals surface area (Å²) in [6, 6.07) is 7.15. The van der Waals surface area contributed by atoms with Gasteiger partial charge in [-0.3, -0.25) is 0 Å². The Kier molecular flexibility index (Phi) is 6.01. The van der Waals surface area contributed by atoms with Gasteiger partial charge in [0.15, 0.2) is 0 Å². The van der Waals surface area contributed by atoms with Gasteiger partial charge in [-0.15, -0.1) is 0 Å². The lowest BCUT2D eigenvalue weighted by Crippen LogP contribution is -2.18. The summed E-state index contributed by atoms with van der Waals surface area (Å²) in [6.45, 7) is 14.5. The number of carbonyl (C=O) groups excluding carboxylic acids is 1. The summed E-state index contributed by atoms with van der Waals surface area (Å²) in [6.07, 6.45) is 1.06. The number of carbonyl (C=O) groups is 1. The third-order valence-corrected chi connectivity index (χ3v) is 3.00. The Labute approximate surface area is 128 Å². The Morgan fingerprint density at radius 1 is 1.19 bits per heavy atom. The molecule has 0 spiro atoms. The maximum Gasteiger partial charge on any atom is 0.338 e. The van der Waals surface area contributed by atoms with Gasteiger partial charge in [-0.05, 0) is 30.9 Å². The van der Waals surface area contributed by atoms with Crippen LogP contribution in [0.25, 0.3) is 5.76 Å². The molecular formula is C18H26O3. The van der Waals surface area contributed by atoms with E-state index in [9.17, 15) is 4.79 Å². The molecule has 1 aromatic rings. The zero-order valence-corrected chi connectivity index (χ0v) is 13.7. The highest BCUT2D eigenvalue weighted by Crippen LogP contribution is 2.19. The highest BCUT2D eigenvalue weighted by molar-refractivity contribution is 5.89. The van der Waals surface area contributed by atoms with E-state index in [1.54, 1.807) is 12.1 Å². The zero-order valence-electron chi connectivity index (χ0n) is 13.7. The molecule has 3 heteroatoms. The summed E-state index contributed by atoms with van der Waals surface area (Å²) in [4.78, 5) is 11.9. The standard InChI is InChI=1S/C18H26O3/c1-7-13(2)21-14(3)15-8-10-16(11-9-15)17(19)20-12-18(4,5)6/h8-11,13H,3,7,12H2,1-2,4-6H3. The smallest absolute Gasteiger partial charge is 0.338 e. The van der Waals surface area contributed by atoms with E-state index >= 15 is 0 Å². The van der Waals surface area contributed by atoms with Crippen LogP contribution in [0.2, 0.25) is 0 Å². The van der Waals surface area contributed by atoms with Crippen molar-refractivity contribution in [3.05, 3.63) is 42.0 Å². The maximum absolute atomic E-state index is 11.9. The van der Waals surface area contributed by atoms with Gasteiger partial charge in [0.1, 0.15) is 5.76 Å². The van der Waals surface area contributed by atoms with Crippen LogP contribution >= 0.6 is 0 Å². The average molecular weight is 290 g/mol. The quantitative estimate of drug-likeness (QED) is 0.564. The molecule has 1 unspecified atom stereocenters. The van der Waals surface area contributed by atoms with Crippen molar-refractivity contribution in [1.29, 1.82) is 0 Å². The Bertz CT molecular complexity index is 480. The average Bonchev–Trinajstić information content (AvgIpc) is 2.43. The van der Waals surface area contributed by atoms with E-state index in [0.717, 1.165) is 12.0 Å². The Hall–Kier alpha value is -1.77. The first-order chi connectivity index (χ1) is 9.73. The zero-order chi connectivity index (χ0) is 16.0. The molecule has 1 aromatic carbocycles. The van der Waals surface area contributed by atoms with Gasteiger partial charge in [0, 0.05) is 5.56 Å². The predicted octanol–water partition coefficient (Wildman–Crippen LogP) is 4.68. The predicted molar refractivity (Wildman–Crippen MR) is 86.1 cm³/mol. The monoisotopic (exact) mass is 290 g/mol. The molecule has 116 valence electrons. The summed E-state index contributed by atoms with van der Waals surface area (Å²) in [5.74, 6) is 0.323. The highest BCUT2D eigenvalue weighted by atomic mass is 16.5. The molecule has 3 nitrogen and oxygen atoms in total. The van der Waals surface area contributed by atoms with Crippen molar-refractivity contribution in [3.63, 3.8) is 0 Å². The molecule has 0 N–H and O–H groups in total. The van der Waals surface area contributed by atoms with Gasteiger partial charge < -0.3 is 9.47 Å². The van der Waals surface area contributed by atoms with Crippen LogP contribution < -0.4 is 0 Å². The molecule has 0 amide bonds. The van der Waals surface area contributed by atoms with E-state index in [1.165, 1.54) is 0 Å². The first kappa shape index (κ1) is 17.3. The SMILES string of the molecule is C=C(OC(C)CC)c1ccc(C(=O)OCC(C)(C)C)cc1. The minimum atomic E-state index is -0.301. The molecular weight excluding hydrogens is 264 g/mol. The van der Waals surface area contributed by atoms with Gasteiger partial charge in [0.05, 0.1) is 18.3 Å². The van der Waals surface area contributed by atoms with Crippen LogP contribution in [0.3, 0.4) is 0 Å². The molecule has 0 aromatic heterocycles. The van der Waals surface area contributed by atoms with E-state index in [-0.39, 0.29) is 17.5 Å². The van der Waals surface area contributed by atoms with Gasteiger partial charge in [-0.25, -0.2) is 4.79 Å². The van der Waals surface area contributed by atoms with Crippen LogP contribution in [-0.2, 0) is 9.47 Å². The van der Waals surface area contributed by atoms with Crippen molar-refractivity contribution in [3.8, 4) is 0 Å². The Morgan fingerprint density at radius 2 is 1.71 bits per heavy atom. The molecule has 21 heavy (non-hydrogen) atoms. The van der Waals surface area contributed by atoms with Crippen molar-refractivity contribution in [1.82, 2.24) is 0 Å². The Balaban J connectivity index is 2.65. The van der Waals surface area contributed by atoms with Crippen molar-refractivity contribution in [2.24, 2.45) is 5.41 Å². The van der Waals surface area contributed by atoms with Crippen LogP contribution in [-0.4, -0.2) is 18.7 Å². The summed E-state index contributed by atoms with van der Waals surface area (Å²) >= 11 is 0. The second-order valence-electron chi connectivity index (χ2n) is 6.47. The molecule has 0 saturated carbocycles. The molecule has 0 bridgehead atoms. The maximum atomic E-state index is 11.9. The topological polar surface area (TPSA) is 35.5 Å². The van der Waals surface area contributed by atoms with Crippen LogP contribution in [0, 0.1) is 5.41 Å². The number of hydrogen-bond acceptors (Lipinski definition) is 3. The Morgan fingerprint density at radius 3 is 2.19 bits per heavy atom. The molecule has 0 saturated heterocycles. The number of esters is 1. The summed E-state index contributed by atoms with van der Waals surface area (Å²) in [7, 11) is 0. The fraction of sp³-hybridized carbons (Fsp3) is 0.500. The van der Waals surface area contributed by atoms with Crippen molar-refractivity contribution in [2.45, 2.75) is 47.1 Å². The van der Waals surface area contributed by atoms with Gasteiger partial charge >= 0.3 is 5.97 Å². The minimum Gasteiger partial charge on any atom is -0.491 e. The number of ether oxygens (including phenoxy) is 2. The molecule has 0 heterocycles. The fourth-order valence-electron chi connectivity index (χ4n) is 1.55. The van der Waals surface area contributed by atoms with Crippen LogP contribution in [0.4, 0.5) is 0 Å². The fourth-order valence-corrected chi connectivity index (χ4v) is 1.55. The van der Waals surface area contributed by atoms with Gasteiger partial charge in [-0.1, -0.05) is 46.4 Å². The van der Waals surface area contributed by atoms with Crippen LogP contribution in [0.5, 0.6) is 0 Å². The molecule has 1 atom stereocenters. The minimum absolute atomic E-state index is 0.0337. The van der Waals surface area contributed by atoms with E-state index in [4.69, 9.17) is 9.47 Å². The largest absolute Gasteiger partial charge is 0.491 e. The summed E-state index contributed by atoms with van der Waals surface area (Å²) in [5, 5.41) is 0. The van der Waals surface area contributed by atoms with Crippen molar-refractivity contribution < 1.29 is 14.3 Å². The first-order valence-corrected chi connectivity index (χ1v) is 7.36. The number of rotatable bonds is 6. The van der Waals surface area contributed by atoms with E-state index in [2.05, 4.69) is 13.5 Å². The second-order valence-corrected chi connectivity index (χ2v) is 6.47. The lowest BCUT2D eigenvalue weighted by Gasteiger charge is -2.18. The van der Waals surface area contributed by atoms with E-state index < -0.39 is 0 Å². The van der Waals surface area contributed by atoms with E-state index in [0.29, 0.717) is 17.9 Å². The molecule has 0 radical (unpaired) electrons. The second kappa shape index (κ2) is 7.30. The molecule has 1 rings (SSSR count). The normalized spacial score (nSPS) is 12.6. The van der Waals surface area contributed by atoms with Crippen molar-refractivity contribution in [2.75, 3.05) is 6.61 Å². The van der Waals surface area contributed by atoms with E-state index in [1.807, 2.05) is 39.8 Å².